The standard InChI is InChI=1S/C70H115NO8/c1-6-8-10-12-14-16-18-20-22-24-26-28-30-32-34-36-38-40-42-44-46-48-50-52-54-56-58-60-67(72)77-64-66(65-78-70(69(74)75)76-63-62-71(3,4)5)79-68(73)61-59-57-55-53-51-49-47-45-43-41-39-37-35-33-31-29-27-25-23-21-19-17-15-13-11-9-7-2/h9,11,15,17-18,20-21,23-24,26-27,29-30,32-33,35,39,41,45,47,51,53,66,70H,6-8,10,12-14,16,19,22,25,28,31,34,36-38,40,42-44,46,48-50,52,54-65H2,1-5H3/b11-9-,17-15-,20-18-,23-21-,26-24-,29-27-,32-30-,35-33-,41-39-,47-45-,53-51-. The van der Waals surface area contributed by atoms with Crippen molar-refractivity contribution in [1.29, 1.82) is 0 Å². The van der Waals surface area contributed by atoms with Gasteiger partial charge in [-0.2, -0.15) is 0 Å². The number of quaternary nitrogens is 1. The van der Waals surface area contributed by atoms with Crippen LogP contribution in [-0.4, -0.2) is 82.3 Å². The van der Waals surface area contributed by atoms with Crippen molar-refractivity contribution in [3.63, 3.8) is 0 Å². The quantitative estimate of drug-likeness (QED) is 0.0195. The van der Waals surface area contributed by atoms with Gasteiger partial charge in [0.25, 0.3) is 0 Å². The van der Waals surface area contributed by atoms with Gasteiger partial charge in [0, 0.05) is 12.8 Å². The number of ether oxygens (including phenoxy) is 4. The predicted octanol–water partition coefficient (Wildman–Crippen LogP) is 17.7. The van der Waals surface area contributed by atoms with Crippen LogP contribution in [0.25, 0.3) is 0 Å². The van der Waals surface area contributed by atoms with Crippen molar-refractivity contribution in [2.75, 3.05) is 47.5 Å². The van der Waals surface area contributed by atoms with E-state index in [-0.39, 0.29) is 38.6 Å². The van der Waals surface area contributed by atoms with Crippen LogP contribution in [0.1, 0.15) is 232 Å². The molecule has 0 spiro atoms. The van der Waals surface area contributed by atoms with Gasteiger partial charge in [0.15, 0.2) is 12.4 Å². The zero-order valence-electron chi connectivity index (χ0n) is 50.9. The number of esters is 2. The van der Waals surface area contributed by atoms with Gasteiger partial charge in [-0.15, -0.1) is 0 Å². The summed E-state index contributed by atoms with van der Waals surface area (Å²) < 4.78 is 22.7. The van der Waals surface area contributed by atoms with E-state index in [0.717, 1.165) is 103 Å². The lowest BCUT2D eigenvalue weighted by atomic mass is 10.0. The number of rotatable bonds is 56. The summed E-state index contributed by atoms with van der Waals surface area (Å²) in [5, 5.41) is 11.8. The third kappa shape index (κ3) is 60.9. The summed E-state index contributed by atoms with van der Waals surface area (Å²) in [6.07, 6.45) is 82.2. The van der Waals surface area contributed by atoms with E-state index in [0.29, 0.717) is 17.4 Å². The summed E-state index contributed by atoms with van der Waals surface area (Å²) >= 11 is 0. The van der Waals surface area contributed by atoms with Gasteiger partial charge in [-0.3, -0.25) is 9.59 Å². The Labute approximate surface area is 484 Å². The third-order valence-corrected chi connectivity index (χ3v) is 12.9. The summed E-state index contributed by atoms with van der Waals surface area (Å²) in [7, 11) is 5.90. The van der Waals surface area contributed by atoms with Gasteiger partial charge >= 0.3 is 11.9 Å². The van der Waals surface area contributed by atoms with Gasteiger partial charge in [0.2, 0.25) is 0 Å². The van der Waals surface area contributed by atoms with E-state index in [4.69, 9.17) is 18.9 Å². The van der Waals surface area contributed by atoms with Crippen molar-refractivity contribution >= 4 is 17.9 Å². The Bertz CT molecular complexity index is 1750. The first kappa shape index (κ1) is 74.4. The van der Waals surface area contributed by atoms with Crippen molar-refractivity contribution in [3.8, 4) is 0 Å². The topological polar surface area (TPSA) is 111 Å². The smallest absolute Gasteiger partial charge is 0.306 e. The molecule has 9 nitrogen and oxygen atoms in total. The van der Waals surface area contributed by atoms with Gasteiger partial charge in [-0.1, -0.05) is 237 Å². The Balaban J connectivity index is 4.33. The van der Waals surface area contributed by atoms with Gasteiger partial charge in [0.05, 0.1) is 40.3 Å². The highest BCUT2D eigenvalue weighted by atomic mass is 16.7. The molecule has 0 aromatic rings. The monoisotopic (exact) mass is 1100 g/mol. The molecule has 0 radical (unpaired) electrons. The molecule has 0 amide bonds. The van der Waals surface area contributed by atoms with Crippen LogP contribution in [0.2, 0.25) is 0 Å². The minimum Gasteiger partial charge on any atom is -0.545 e. The Kier molecular flexibility index (Phi) is 56.1. The maximum absolute atomic E-state index is 12.9. The Morgan fingerprint density at radius 1 is 0.392 bits per heavy atom. The lowest BCUT2D eigenvalue weighted by molar-refractivity contribution is -0.870. The molecule has 0 N–H and O–H groups in total. The van der Waals surface area contributed by atoms with Crippen LogP contribution in [0.15, 0.2) is 134 Å². The van der Waals surface area contributed by atoms with Crippen molar-refractivity contribution in [2.24, 2.45) is 0 Å². The molecule has 2 atom stereocenters. The van der Waals surface area contributed by atoms with Crippen LogP contribution in [-0.2, 0) is 33.3 Å². The Morgan fingerprint density at radius 2 is 0.722 bits per heavy atom. The fourth-order valence-corrected chi connectivity index (χ4v) is 8.09. The lowest BCUT2D eigenvalue weighted by Gasteiger charge is -2.26. The minimum atomic E-state index is -1.64. The molecule has 0 bridgehead atoms. The van der Waals surface area contributed by atoms with Gasteiger partial charge in [-0.25, -0.2) is 0 Å². The average Bonchev–Trinajstić information content (AvgIpc) is 3.42. The summed E-state index contributed by atoms with van der Waals surface area (Å²) in [5.41, 5.74) is 0. The highest BCUT2D eigenvalue weighted by Gasteiger charge is 2.22. The van der Waals surface area contributed by atoms with E-state index in [9.17, 15) is 19.5 Å². The first-order chi connectivity index (χ1) is 38.6. The summed E-state index contributed by atoms with van der Waals surface area (Å²) in [5.74, 6) is -2.36. The maximum atomic E-state index is 12.9. The molecule has 0 aromatic heterocycles. The van der Waals surface area contributed by atoms with E-state index < -0.39 is 24.3 Å². The second-order valence-electron chi connectivity index (χ2n) is 21.6. The molecule has 0 rings (SSSR count). The molecule has 9 heteroatoms. The molecule has 448 valence electrons. The number of carboxylic acid groups (broad SMARTS) is 1. The molecule has 79 heavy (non-hydrogen) atoms. The molecule has 0 fully saturated rings. The number of hydrogen-bond donors (Lipinski definition) is 0. The van der Waals surface area contributed by atoms with Crippen LogP contribution in [0.3, 0.4) is 0 Å². The van der Waals surface area contributed by atoms with Crippen LogP contribution in [0.5, 0.6) is 0 Å². The predicted molar refractivity (Wildman–Crippen MR) is 333 cm³/mol. The Hall–Kier alpha value is -4.57. The number of unbranched alkanes of at least 4 members (excludes halogenated alkanes) is 19. The lowest BCUT2D eigenvalue weighted by Crippen LogP contribution is -2.44. The van der Waals surface area contributed by atoms with Gasteiger partial charge in [-0.05, 0) is 116 Å². The minimum absolute atomic E-state index is 0.131. The molecule has 0 aliphatic heterocycles. The van der Waals surface area contributed by atoms with E-state index in [1.807, 2.05) is 21.1 Å². The highest BCUT2D eigenvalue weighted by Crippen LogP contribution is 2.15. The highest BCUT2D eigenvalue weighted by molar-refractivity contribution is 5.70. The van der Waals surface area contributed by atoms with Crippen LogP contribution in [0, 0.1) is 0 Å². The van der Waals surface area contributed by atoms with E-state index in [1.54, 1.807) is 0 Å². The maximum Gasteiger partial charge on any atom is 0.306 e. The second kappa shape index (κ2) is 59.5. The number of likely N-dealkylation sites (N-methyl/N-ethyl adjacent to an activating group) is 1. The van der Waals surface area contributed by atoms with Crippen LogP contribution in [0.4, 0.5) is 0 Å². The van der Waals surface area contributed by atoms with E-state index >= 15 is 0 Å². The second-order valence-corrected chi connectivity index (χ2v) is 21.6. The molecule has 0 heterocycles. The van der Waals surface area contributed by atoms with Crippen molar-refractivity contribution in [1.82, 2.24) is 0 Å². The van der Waals surface area contributed by atoms with Gasteiger partial charge in [0.1, 0.15) is 13.2 Å². The number of hydrogen-bond acceptors (Lipinski definition) is 8. The summed E-state index contributed by atoms with van der Waals surface area (Å²) in [4.78, 5) is 37.4. The summed E-state index contributed by atoms with van der Waals surface area (Å²) in [6, 6.07) is 0. The normalized spacial score (nSPS) is 13.7. The molecule has 0 saturated heterocycles. The summed E-state index contributed by atoms with van der Waals surface area (Å²) in [6.45, 7) is 4.56. The first-order valence-electron chi connectivity index (χ1n) is 31.3. The molecule has 0 aliphatic carbocycles. The SMILES string of the molecule is CC/C=C\C/C=C\C/C=C\C/C=C\C/C=C\C/C=C\C/C=C\C/C=C\CCCCC(=O)OC(COC(=O)CCCCCCCCCCCCCC/C=C\C/C=C\C/C=C\CCCCCCC)COC(OCC[N+](C)(C)C)C(=O)[O-]. The number of aliphatic carboxylic acids is 1. The molecule has 0 aromatic carbocycles. The molecule has 2 unspecified atom stereocenters. The van der Waals surface area contributed by atoms with Crippen LogP contribution < -0.4 is 5.11 Å². The molecular formula is C70H115NO8. The molecule has 0 saturated carbocycles. The van der Waals surface area contributed by atoms with Crippen molar-refractivity contribution < 1.29 is 42.9 Å². The Morgan fingerprint density at radius 3 is 1.10 bits per heavy atom. The van der Waals surface area contributed by atoms with Crippen LogP contribution >= 0.6 is 0 Å². The number of allylic oxidation sites excluding steroid dienone is 22. The number of carboxylic acids is 1. The largest absolute Gasteiger partial charge is 0.545 e. The average molecular weight is 1100 g/mol. The fourth-order valence-electron chi connectivity index (χ4n) is 8.09. The first-order valence-corrected chi connectivity index (χ1v) is 31.3. The zero-order chi connectivity index (χ0) is 57.6. The van der Waals surface area contributed by atoms with Gasteiger partial charge < -0.3 is 33.3 Å². The number of nitrogens with zero attached hydrogens (tertiary/aromatic N) is 1. The van der Waals surface area contributed by atoms with E-state index in [1.165, 1.54) is 96.3 Å². The van der Waals surface area contributed by atoms with Crippen molar-refractivity contribution in [3.05, 3.63) is 134 Å². The fraction of sp³-hybridized carbons (Fsp3) is 0.643. The van der Waals surface area contributed by atoms with E-state index in [2.05, 4.69) is 148 Å². The zero-order valence-corrected chi connectivity index (χ0v) is 50.9. The van der Waals surface area contributed by atoms with Crippen molar-refractivity contribution in [2.45, 2.75) is 245 Å². The molecule has 0 aliphatic rings. The third-order valence-electron chi connectivity index (χ3n) is 12.9. The number of carbonyl (C=O) groups is 3. The number of carbonyl (C=O) groups excluding carboxylic acids is 3. The molecular weight excluding hydrogens is 983 g/mol.